The average molecular weight is 545 g/mol. The van der Waals surface area contributed by atoms with Gasteiger partial charge in [0.15, 0.2) is 0 Å². The quantitative estimate of drug-likeness (QED) is 0.230. The summed E-state index contributed by atoms with van der Waals surface area (Å²) in [5.74, 6) is -3.17. The van der Waals surface area contributed by atoms with Crippen LogP contribution in [0.2, 0.25) is 0 Å². The predicted octanol–water partition coefficient (Wildman–Crippen LogP) is 6.62. The van der Waals surface area contributed by atoms with Gasteiger partial charge in [0, 0.05) is 35.1 Å². The third-order valence-electron chi connectivity index (χ3n) is 6.45. The van der Waals surface area contributed by atoms with Crippen molar-refractivity contribution < 1.29 is 17.2 Å². The van der Waals surface area contributed by atoms with Crippen molar-refractivity contribution in [1.29, 1.82) is 0 Å². The number of halogens is 2. The summed E-state index contributed by atoms with van der Waals surface area (Å²) in [5.41, 5.74) is 3.58. The Morgan fingerprint density at radius 2 is 1.36 bits per heavy atom. The van der Waals surface area contributed by atoms with E-state index in [2.05, 4.69) is 9.71 Å². The van der Waals surface area contributed by atoms with Crippen LogP contribution in [0.5, 0.6) is 0 Å². The zero-order valence-electron chi connectivity index (χ0n) is 21.1. The Balaban J connectivity index is 1.33. The number of aromatic amines is 1. The largest absolute Gasteiger partial charge is 0.322 e. The van der Waals surface area contributed by atoms with Gasteiger partial charge in [-0.1, -0.05) is 60.7 Å². The van der Waals surface area contributed by atoms with Gasteiger partial charge in [0.25, 0.3) is 15.9 Å². The van der Waals surface area contributed by atoms with E-state index in [-0.39, 0.29) is 15.8 Å². The molecule has 0 fully saturated rings. The number of alkyl halides is 2. The summed E-state index contributed by atoms with van der Waals surface area (Å²) in [4.78, 5) is 14.5. The Morgan fingerprint density at radius 3 is 2.05 bits per heavy atom. The van der Waals surface area contributed by atoms with Crippen LogP contribution in [0.25, 0.3) is 10.9 Å². The standard InChI is InChI=1S/C31H26F2N2O3S/c1-31(32,33)28-20-30(36)34-29-15-12-24(19-27(28)29)17-22-10-13-26(14-11-22)39(37,38)35-25-9-5-8-23(18-25)16-21-6-3-2-4-7-21/h2-15,18-20,35H,16-17H2,1H3,(H,34,36). The number of pyridine rings is 1. The number of anilines is 1. The lowest BCUT2D eigenvalue weighted by molar-refractivity contribution is 0.0189. The number of H-pyrrole nitrogens is 1. The van der Waals surface area contributed by atoms with Crippen LogP contribution >= 0.6 is 0 Å². The Morgan fingerprint density at radius 1 is 0.744 bits per heavy atom. The molecule has 0 aliphatic rings. The Labute approximate surface area is 225 Å². The fourth-order valence-electron chi connectivity index (χ4n) is 4.59. The number of rotatable bonds is 8. The maximum Gasteiger partial charge on any atom is 0.271 e. The van der Waals surface area contributed by atoms with Gasteiger partial charge in [0.2, 0.25) is 5.56 Å². The van der Waals surface area contributed by atoms with Crippen molar-refractivity contribution in [2.75, 3.05) is 4.72 Å². The first-order valence-electron chi connectivity index (χ1n) is 12.4. The van der Waals surface area contributed by atoms with E-state index in [0.29, 0.717) is 24.0 Å². The van der Waals surface area contributed by atoms with Gasteiger partial charge in [0.05, 0.1) is 4.90 Å². The highest BCUT2D eigenvalue weighted by atomic mass is 32.2. The third kappa shape index (κ3) is 6.23. The molecule has 0 spiro atoms. The van der Waals surface area contributed by atoms with E-state index in [9.17, 15) is 22.0 Å². The first kappa shape index (κ1) is 26.3. The Kier molecular flexibility index (Phi) is 7.06. The van der Waals surface area contributed by atoms with Gasteiger partial charge in [-0.05, 0) is 71.5 Å². The van der Waals surface area contributed by atoms with Gasteiger partial charge in [-0.25, -0.2) is 17.2 Å². The maximum atomic E-state index is 14.1. The summed E-state index contributed by atoms with van der Waals surface area (Å²) in [5, 5.41) is 0.275. The lowest BCUT2D eigenvalue weighted by Crippen LogP contribution is -2.15. The molecule has 0 aliphatic carbocycles. The summed E-state index contributed by atoms with van der Waals surface area (Å²) in [6.07, 6.45) is 1.09. The van der Waals surface area contributed by atoms with E-state index in [1.807, 2.05) is 48.5 Å². The molecule has 5 aromatic rings. The van der Waals surface area contributed by atoms with Crippen LogP contribution in [0.4, 0.5) is 14.5 Å². The maximum absolute atomic E-state index is 14.1. The molecule has 0 saturated heterocycles. The molecular formula is C31H26F2N2O3S. The molecule has 1 aromatic heterocycles. The van der Waals surface area contributed by atoms with Gasteiger partial charge in [-0.15, -0.1) is 0 Å². The summed E-state index contributed by atoms with van der Waals surface area (Å²) < 4.78 is 57.0. The fraction of sp³-hybridized carbons (Fsp3) is 0.129. The molecule has 0 saturated carbocycles. The van der Waals surface area contributed by atoms with E-state index in [1.165, 1.54) is 12.1 Å². The molecule has 5 rings (SSSR count). The lowest BCUT2D eigenvalue weighted by atomic mass is 9.99. The molecule has 4 aromatic carbocycles. The van der Waals surface area contributed by atoms with Gasteiger partial charge in [0.1, 0.15) is 0 Å². The molecule has 5 nitrogen and oxygen atoms in total. The fourth-order valence-corrected chi connectivity index (χ4v) is 5.64. The first-order valence-corrected chi connectivity index (χ1v) is 13.8. The highest BCUT2D eigenvalue weighted by molar-refractivity contribution is 7.92. The third-order valence-corrected chi connectivity index (χ3v) is 7.85. The zero-order chi connectivity index (χ0) is 27.6. The summed E-state index contributed by atoms with van der Waals surface area (Å²) in [6, 6.07) is 29.6. The van der Waals surface area contributed by atoms with Crippen LogP contribution in [0.3, 0.4) is 0 Å². The summed E-state index contributed by atoms with van der Waals surface area (Å²) >= 11 is 0. The van der Waals surface area contributed by atoms with Crippen LogP contribution in [0.1, 0.15) is 34.7 Å². The molecule has 0 unspecified atom stereocenters. The van der Waals surface area contributed by atoms with Gasteiger partial charge < -0.3 is 4.98 Å². The van der Waals surface area contributed by atoms with E-state index >= 15 is 0 Å². The SMILES string of the molecule is CC(F)(F)c1cc(=O)[nH]c2ccc(Cc3ccc(S(=O)(=O)Nc4cccc(Cc5ccccc5)c4)cc3)cc12. The number of hydrogen-bond acceptors (Lipinski definition) is 3. The smallest absolute Gasteiger partial charge is 0.271 e. The van der Waals surface area contributed by atoms with Crippen molar-refractivity contribution in [3.05, 3.63) is 141 Å². The number of benzene rings is 4. The van der Waals surface area contributed by atoms with Gasteiger partial charge in [-0.3, -0.25) is 9.52 Å². The van der Waals surface area contributed by atoms with Crippen molar-refractivity contribution in [1.82, 2.24) is 4.98 Å². The molecule has 0 bridgehead atoms. The molecule has 8 heteroatoms. The predicted molar refractivity (Wildman–Crippen MR) is 150 cm³/mol. The number of nitrogens with one attached hydrogen (secondary N) is 2. The second-order valence-electron chi connectivity index (χ2n) is 9.60. The van der Waals surface area contributed by atoms with Crippen molar-refractivity contribution in [3.8, 4) is 0 Å². The normalized spacial score (nSPS) is 12.0. The van der Waals surface area contributed by atoms with Crippen LogP contribution in [0.15, 0.2) is 113 Å². The van der Waals surface area contributed by atoms with Crippen molar-refractivity contribution in [2.24, 2.45) is 0 Å². The number of fused-ring (bicyclic) bond motifs is 1. The Bertz CT molecular complexity index is 1790. The molecule has 0 aliphatic heterocycles. The molecule has 2 N–H and O–H groups in total. The second kappa shape index (κ2) is 10.5. The first-order chi connectivity index (χ1) is 18.6. The molecule has 0 amide bonds. The zero-order valence-corrected chi connectivity index (χ0v) is 21.9. The average Bonchev–Trinajstić information content (AvgIpc) is 2.89. The van der Waals surface area contributed by atoms with Crippen LogP contribution in [-0.2, 0) is 28.8 Å². The van der Waals surface area contributed by atoms with Crippen LogP contribution in [-0.4, -0.2) is 13.4 Å². The molecule has 198 valence electrons. The minimum absolute atomic E-state index is 0.115. The highest BCUT2D eigenvalue weighted by Gasteiger charge is 2.27. The van der Waals surface area contributed by atoms with Gasteiger partial charge >= 0.3 is 0 Å². The number of hydrogen-bond donors (Lipinski definition) is 2. The monoisotopic (exact) mass is 544 g/mol. The number of sulfonamides is 1. The second-order valence-corrected chi connectivity index (χ2v) is 11.3. The summed E-state index contributed by atoms with van der Waals surface area (Å²) in [6.45, 7) is 0.765. The molecule has 39 heavy (non-hydrogen) atoms. The van der Waals surface area contributed by atoms with Crippen molar-refractivity contribution in [2.45, 2.75) is 30.6 Å². The topological polar surface area (TPSA) is 79.0 Å². The highest BCUT2D eigenvalue weighted by Crippen LogP contribution is 2.32. The molecule has 0 atom stereocenters. The number of aromatic nitrogens is 1. The van der Waals surface area contributed by atoms with E-state index < -0.39 is 21.5 Å². The van der Waals surface area contributed by atoms with E-state index in [1.54, 1.807) is 36.4 Å². The van der Waals surface area contributed by atoms with E-state index in [0.717, 1.165) is 35.2 Å². The Hall–Kier alpha value is -4.30. The van der Waals surface area contributed by atoms with Crippen molar-refractivity contribution in [3.63, 3.8) is 0 Å². The van der Waals surface area contributed by atoms with Crippen molar-refractivity contribution >= 4 is 26.6 Å². The minimum atomic E-state index is -3.81. The molecule has 0 radical (unpaired) electrons. The molecular weight excluding hydrogens is 518 g/mol. The minimum Gasteiger partial charge on any atom is -0.322 e. The van der Waals surface area contributed by atoms with Gasteiger partial charge in [-0.2, -0.15) is 0 Å². The van der Waals surface area contributed by atoms with Crippen LogP contribution in [0, 0.1) is 0 Å². The van der Waals surface area contributed by atoms with E-state index in [4.69, 9.17) is 0 Å². The molecule has 1 heterocycles. The van der Waals surface area contributed by atoms with Crippen LogP contribution < -0.4 is 10.3 Å². The summed E-state index contributed by atoms with van der Waals surface area (Å²) in [7, 11) is -3.81. The lowest BCUT2D eigenvalue weighted by Gasteiger charge is -2.14.